The SMILES string of the molecule is Cc1ccc(OCC(=O)Nc2ccc(CO)cc2)c(Br)c1. The zero-order valence-electron chi connectivity index (χ0n) is 11.6. The lowest BCUT2D eigenvalue weighted by atomic mass is 10.2. The summed E-state index contributed by atoms with van der Waals surface area (Å²) in [6.45, 7) is 1.90. The van der Waals surface area contributed by atoms with Gasteiger partial charge in [-0.25, -0.2) is 0 Å². The van der Waals surface area contributed by atoms with Crippen LogP contribution in [0.15, 0.2) is 46.9 Å². The summed E-state index contributed by atoms with van der Waals surface area (Å²) in [5.74, 6) is 0.394. The van der Waals surface area contributed by atoms with E-state index in [4.69, 9.17) is 9.84 Å². The Bertz CT molecular complexity index is 626. The van der Waals surface area contributed by atoms with E-state index in [0.29, 0.717) is 11.4 Å². The first-order valence-corrected chi connectivity index (χ1v) is 7.26. The van der Waals surface area contributed by atoms with Crippen molar-refractivity contribution < 1.29 is 14.6 Å². The number of ether oxygens (including phenoxy) is 1. The van der Waals surface area contributed by atoms with Crippen LogP contribution in [-0.2, 0) is 11.4 Å². The van der Waals surface area contributed by atoms with Gasteiger partial charge in [0, 0.05) is 5.69 Å². The van der Waals surface area contributed by atoms with Crippen molar-refractivity contribution in [1.82, 2.24) is 0 Å². The van der Waals surface area contributed by atoms with Crippen LogP contribution in [0.5, 0.6) is 5.75 Å². The summed E-state index contributed by atoms with van der Waals surface area (Å²) < 4.78 is 6.29. The molecule has 0 heterocycles. The second-order valence-corrected chi connectivity index (χ2v) is 5.48. The molecule has 2 rings (SSSR count). The lowest BCUT2D eigenvalue weighted by Crippen LogP contribution is -2.20. The highest BCUT2D eigenvalue weighted by atomic mass is 79.9. The van der Waals surface area contributed by atoms with Crippen LogP contribution >= 0.6 is 15.9 Å². The average Bonchev–Trinajstić information content (AvgIpc) is 2.47. The molecule has 0 atom stereocenters. The molecule has 1 amide bonds. The van der Waals surface area contributed by atoms with Gasteiger partial charge in [0.25, 0.3) is 5.91 Å². The number of rotatable bonds is 5. The van der Waals surface area contributed by atoms with Crippen molar-refractivity contribution in [2.24, 2.45) is 0 Å². The highest BCUT2D eigenvalue weighted by molar-refractivity contribution is 9.10. The van der Waals surface area contributed by atoms with Gasteiger partial charge in [-0.05, 0) is 58.2 Å². The number of halogens is 1. The molecule has 2 N–H and O–H groups in total. The maximum atomic E-state index is 11.8. The van der Waals surface area contributed by atoms with E-state index in [0.717, 1.165) is 15.6 Å². The fourth-order valence-electron chi connectivity index (χ4n) is 1.76. The number of hydrogen-bond acceptors (Lipinski definition) is 3. The van der Waals surface area contributed by atoms with Gasteiger partial charge >= 0.3 is 0 Å². The van der Waals surface area contributed by atoms with E-state index < -0.39 is 0 Å². The minimum absolute atomic E-state index is 0.0151. The molecule has 110 valence electrons. The van der Waals surface area contributed by atoms with Crippen molar-refractivity contribution in [3.8, 4) is 5.75 Å². The number of carbonyl (C=O) groups excluding carboxylic acids is 1. The van der Waals surface area contributed by atoms with Gasteiger partial charge in [0.15, 0.2) is 6.61 Å². The summed E-state index contributed by atoms with van der Waals surface area (Å²) in [5.41, 5.74) is 2.58. The van der Waals surface area contributed by atoms with Crippen molar-refractivity contribution in [3.05, 3.63) is 58.1 Å². The van der Waals surface area contributed by atoms with Gasteiger partial charge in [0.2, 0.25) is 0 Å². The van der Waals surface area contributed by atoms with Gasteiger partial charge < -0.3 is 15.2 Å². The third-order valence-electron chi connectivity index (χ3n) is 2.87. The Morgan fingerprint density at radius 1 is 1.24 bits per heavy atom. The first kappa shape index (κ1) is 15.5. The van der Waals surface area contributed by atoms with Gasteiger partial charge in [0.05, 0.1) is 11.1 Å². The molecular weight excluding hydrogens is 334 g/mol. The molecular formula is C16H16BrNO3. The standard InChI is InChI=1S/C16H16BrNO3/c1-11-2-7-15(14(17)8-11)21-10-16(20)18-13-5-3-12(9-19)4-6-13/h2-8,19H,9-10H2,1H3,(H,18,20). The number of benzene rings is 2. The first-order valence-electron chi connectivity index (χ1n) is 6.47. The molecule has 21 heavy (non-hydrogen) atoms. The molecule has 0 unspecified atom stereocenters. The smallest absolute Gasteiger partial charge is 0.262 e. The zero-order chi connectivity index (χ0) is 15.2. The van der Waals surface area contributed by atoms with Crippen molar-refractivity contribution in [3.63, 3.8) is 0 Å². The highest BCUT2D eigenvalue weighted by Gasteiger charge is 2.06. The number of amides is 1. The Labute approximate surface area is 131 Å². The van der Waals surface area contributed by atoms with Gasteiger partial charge in [-0.3, -0.25) is 4.79 Å². The lowest BCUT2D eigenvalue weighted by Gasteiger charge is -2.09. The van der Waals surface area contributed by atoms with Crippen LogP contribution in [0.1, 0.15) is 11.1 Å². The van der Waals surface area contributed by atoms with Gasteiger partial charge in [-0.2, -0.15) is 0 Å². The van der Waals surface area contributed by atoms with E-state index in [-0.39, 0.29) is 19.1 Å². The summed E-state index contributed by atoms with van der Waals surface area (Å²) in [5, 5.41) is 11.7. The summed E-state index contributed by atoms with van der Waals surface area (Å²) in [6.07, 6.45) is 0. The number of aliphatic hydroxyl groups is 1. The highest BCUT2D eigenvalue weighted by Crippen LogP contribution is 2.25. The molecule has 0 radical (unpaired) electrons. The lowest BCUT2D eigenvalue weighted by molar-refractivity contribution is -0.118. The Hall–Kier alpha value is -1.85. The first-order chi connectivity index (χ1) is 10.1. The molecule has 0 fully saturated rings. The third kappa shape index (κ3) is 4.58. The largest absolute Gasteiger partial charge is 0.483 e. The predicted octanol–water partition coefficient (Wildman–Crippen LogP) is 3.27. The van der Waals surface area contributed by atoms with E-state index >= 15 is 0 Å². The molecule has 0 aromatic heterocycles. The van der Waals surface area contributed by atoms with Crippen LogP contribution in [0.2, 0.25) is 0 Å². The summed E-state index contributed by atoms with van der Waals surface area (Å²) >= 11 is 3.40. The number of aliphatic hydroxyl groups excluding tert-OH is 1. The summed E-state index contributed by atoms with van der Waals surface area (Å²) in [7, 11) is 0. The molecule has 0 saturated carbocycles. The van der Waals surface area contributed by atoms with Gasteiger partial charge in [-0.15, -0.1) is 0 Å². The molecule has 5 heteroatoms. The molecule has 0 saturated heterocycles. The fourth-order valence-corrected chi connectivity index (χ4v) is 2.36. The molecule has 2 aromatic rings. The zero-order valence-corrected chi connectivity index (χ0v) is 13.2. The molecule has 4 nitrogen and oxygen atoms in total. The van der Waals surface area contributed by atoms with E-state index in [1.54, 1.807) is 24.3 Å². The van der Waals surface area contributed by atoms with E-state index in [2.05, 4.69) is 21.2 Å². The molecule has 0 spiro atoms. The number of hydrogen-bond donors (Lipinski definition) is 2. The van der Waals surface area contributed by atoms with Crippen molar-refractivity contribution in [1.29, 1.82) is 0 Å². The maximum absolute atomic E-state index is 11.8. The average molecular weight is 350 g/mol. The second kappa shape index (κ2) is 7.24. The molecule has 0 aliphatic carbocycles. The van der Waals surface area contributed by atoms with Crippen LogP contribution < -0.4 is 10.1 Å². The molecule has 0 aliphatic heterocycles. The van der Waals surface area contributed by atoms with Crippen molar-refractivity contribution >= 4 is 27.5 Å². The fraction of sp³-hybridized carbons (Fsp3) is 0.188. The van der Waals surface area contributed by atoms with Crippen LogP contribution in [0.25, 0.3) is 0 Å². The van der Waals surface area contributed by atoms with Crippen molar-refractivity contribution in [2.75, 3.05) is 11.9 Å². The minimum Gasteiger partial charge on any atom is -0.483 e. The Balaban J connectivity index is 1.89. The monoisotopic (exact) mass is 349 g/mol. The quantitative estimate of drug-likeness (QED) is 0.870. The van der Waals surface area contributed by atoms with Crippen molar-refractivity contribution in [2.45, 2.75) is 13.5 Å². The Morgan fingerprint density at radius 3 is 2.57 bits per heavy atom. The van der Waals surface area contributed by atoms with Crippen LogP contribution in [0.4, 0.5) is 5.69 Å². The van der Waals surface area contributed by atoms with Crippen LogP contribution in [-0.4, -0.2) is 17.6 Å². The predicted molar refractivity (Wildman–Crippen MR) is 85.4 cm³/mol. The summed E-state index contributed by atoms with van der Waals surface area (Å²) in [4.78, 5) is 11.8. The Kier molecular flexibility index (Phi) is 5.36. The Morgan fingerprint density at radius 2 is 1.95 bits per heavy atom. The third-order valence-corrected chi connectivity index (χ3v) is 3.49. The van der Waals surface area contributed by atoms with E-state index in [9.17, 15) is 4.79 Å². The number of anilines is 1. The molecule has 2 aromatic carbocycles. The maximum Gasteiger partial charge on any atom is 0.262 e. The van der Waals surface area contributed by atoms with E-state index in [1.807, 2.05) is 25.1 Å². The number of nitrogens with one attached hydrogen (secondary N) is 1. The number of aryl methyl sites for hydroxylation is 1. The second-order valence-electron chi connectivity index (χ2n) is 4.63. The molecule has 0 aliphatic rings. The topological polar surface area (TPSA) is 58.6 Å². The van der Waals surface area contributed by atoms with Crippen LogP contribution in [0, 0.1) is 6.92 Å². The molecule has 0 bridgehead atoms. The normalized spacial score (nSPS) is 10.2. The number of carbonyl (C=O) groups is 1. The van der Waals surface area contributed by atoms with Gasteiger partial charge in [0.1, 0.15) is 5.75 Å². The minimum atomic E-state index is -0.237. The summed E-state index contributed by atoms with van der Waals surface area (Å²) in [6, 6.07) is 12.7. The van der Waals surface area contributed by atoms with E-state index in [1.165, 1.54) is 0 Å². The van der Waals surface area contributed by atoms with Crippen LogP contribution in [0.3, 0.4) is 0 Å². The van der Waals surface area contributed by atoms with Gasteiger partial charge in [-0.1, -0.05) is 18.2 Å².